The van der Waals surface area contributed by atoms with E-state index in [9.17, 15) is 0 Å². The second kappa shape index (κ2) is 7.28. The number of hydrogen-bond acceptors (Lipinski definition) is 5. The maximum absolute atomic E-state index is 5.46. The highest BCUT2D eigenvalue weighted by Crippen LogP contribution is 2.21. The molecule has 0 spiro atoms. The zero-order valence-corrected chi connectivity index (χ0v) is 14.9. The molecule has 0 aliphatic carbocycles. The first-order valence-corrected chi connectivity index (χ1v) is 8.94. The molecule has 2 aliphatic heterocycles. The normalized spacial score (nSPS) is 24.9. The molecular weight excluding hydrogens is 290 g/mol. The number of rotatable bonds is 4. The number of hydrogen-bond donors (Lipinski definition) is 0. The van der Waals surface area contributed by atoms with Crippen LogP contribution in [0, 0.1) is 5.92 Å². The van der Waals surface area contributed by atoms with Crippen LogP contribution in [0.1, 0.15) is 39.4 Å². The van der Waals surface area contributed by atoms with Gasteiger partial charge in [-0.1, -0.05) is 0 Å². The summed E-state index contributed by atoms with van der Waals surface area (Å²) in [4.78, 5) is 9.62. The SMILES string of the molecule is CC(C)(C)n1ncnc1CN1CCC[C@@H](CN2CCOCC2)C1. The largest absolute Gasteiger partial charge is 0.379 e. The minimum Gasteiger partial charge on any atom is -0.379 e. The van der Waals surface area contributed by atoms with Crippen LogP contribution in [0.2, 0.25) is 0 Å². The van der Waals surface area contributed by atoms with E-state index in [0.717, 1.165) is 44.6 Å². The molecule has 6 heteroatoms. The van der Waals surface area contributed by atoms with E-state index in [1.54, 1.807) is 6.33 Å². The molecule has 1 atom stereocenters. The number of piperidine rings is 1. The Morgan fingerprint density at radius 2 is 1.96 bits per heavy atom. The second-order valence-corrected chi connectivity index (χ2v) is 7.92. The van der Waals surface area contributed by atoms with E-state index in [-0.39, 0.29) is 5.54 Å². The van der Waals surface area contributed by atoms with Crippen molar-refractivity contribution in [2.24, 2.45) is 5.92 Å². The van der Waals surface area contributed by atoms with Crippen LogP contribution in [-0.4, -0.2) is 70.5 Å². The molecule has 1 aromatic rings. The molecule has 130 valence electrons. The van der Waals surface area contributed by atoms with E-state index < -0.39 is 0 Å². The third kappa shape index (κ3) is 4.52. The van der Waals surface area contributed by atoms with Crippen LogP contribution in [0.5, 0.6) is 0 Å². The van der Waals surface area contributed by atoms with Crippen LogP contribution in [0.15, 0.2) is 6.33 Å². The van der Waals surface area contributed by atoms with Gasteiger partial charge in [-0.2, -0.15) is 5.10 Å². The van der Waals surface area contributed by atoms with Crippen molar-refractivity contribution in [3.05, 3.63) is 12.2 Å². The van der Waals surface area contributed by atoms with Gasteiger partial charge in [-0.25, -0.2) is 9.67 Å². The summed E-state index contributed by atoms with van der Waals surface area (Å²) in [5.74, 6) is 1.86. The molecule has 0 amide bonds. The average Bonchev–Trinajstić information content (AvgIpc) is 2.97. The molecule has 1 aromatic heterocycles. The van der Waals surface area contributed by atoms with E-state index >= 15 is 0 Å². The van der Waals surface area contributed by atoms with E-state index in [4.69, 9.17) is 4.74 Å². The smallest absolute Gasteiger partial charge is 0.141 e. The monoisotopic (exact) mass is 321 g/mol. The first-order valence-electron chi connectivity index (χ1n) is 8.94. The van der Waals surface area contributed by atoms with Gasteiger partial charge in [0.2, 0.25) is 0 Å². The Bertz CT molecular complexity index is 489. The van der Waals surface area contributed by atoms with Crippen molar-refractivity contribution < 1.29 is 4.74 Å². The highest BCUT2D eigenvalue weighted by Gasteiger charge is 2.25. The molecule has 2 aliphatic rings. The Balaban J connectivity index is 1.55. The van der Waals surface area contributed by atoms with Gasteiger partial charge in [0.1, 0.15) is 12.2 Å². The lowest BCUT2D eigenvalue weighted by molar-refractivity contribution is 0.0221. The summed E-state index contributed by atoms with van der Waals surface area (Å²) in [5, 5.41) is 4.42. The Kier molecular flexibility index (Phi) is 5.34. The van der Waals surface area contributed by atoms with Crippen LogP contribution < -0.4 is 0 Å². The lowest BCUT2D eigenvalue weighted by Crippen LogP contribution is -2.44. The van der Waals surface area contributed by atoms with Crippen molar-refractivity contribution in [1.82, 2.24) is 24.6 Å². The minimum absolute atomic E-state index is 0.00514. The first kappa shape index (κ1) is 16.9. The quantitative estimate of drug-likeness (QED) is 0.842. The van der Waals surface area contributed by atoms with Crippen LogP contribution in [0.4, 0.5) is 0 Å². The summed E-state index contributed by atoms with van der Waals surface area (Å²) in [5.41, 5.74) is -0.00514. The first-order chi connectivity index (χ1) is 11.0. The molecule has 0 radical (unpaired) electrons. The third-order valence-electron chi connectivity index (χ3n) is 4.84. The number of aromatic nitrogens is 3. The molecule has 3 heterocycles. The van der Waals surface area contributed by atoms with Crippen molar-refractivity contribution >= 4 is 0 Å². The highest BCUT2D eigenvalue weighted by atomic mass is 16.5. The van der Waals surface area contributed by atoms with E-state index in [0.29, 0.717) is 0 Å². The van der Waals surface area contributed by atoms with E-state index in [1.165, 1.54) is 32.5 Å². The topological polar surface area (TPSA) is 46.4 Å². The fourth-order valence-electron chi connectivity index (χ4n) is 3.73. The van der Waals surface area contributed by atoms with Gasteiger partial charge < -0.3 is 4.74 Å². The summed E-state index contributed by atoms with van der Waals surface area (Å²) >= 11 is 0. The van der Waals surface area contributed by atoms with Gasteiger partial charge in [-0.15, -0.1) is 0 Å². The number of morpholine rings is 1. The van der Waals surface area contributed by atoms with Gasteiger partial charge in [0, 0.05) is 26.2 Å². The number of ether oxygens (including phenoxy) is 1. The fourth-order valence-corrected chi connectivity index (χ4v) is 3.73. The van der Waals surface area contributed by atoms with Crippen LogP contribution in [0.25, 0.3) is 0 Å². The minimum atomic E-state index is -0.00514. The summed E-state index contributed by atoms with van der Waals surface area (Å²) in [7, 11) is 0. The summed E-state index contributed by atoms with van der Waals surface area (Å²) in [6.07, 6.45) is 4.33. The van der Waals surface area contributed by atoms with Gasteiger partial charge >= 0.3 is 0 Å². The maximum Gasteiger partial charge on any atom is 0.141 e. The predicted octanol–water partition coefficient (Wildman–Crippen LogP) is 1.58. The summed E-state index contributed by atoms with van der Waals surface area (Å²) in [6.45, 7) is 15.0. The van der Waals surface area contributed by atoms with Crippen LogP contribution in [0.3, 0.4) is 0 Å². The summed E-state index contributed by atoms with van der Waals surface area (Å²) < 4.78 is 7.52. The number of nitrogens with zero attached hydrogens (tertiary/aromatic N) is 5. The van der Waals surface area contributed by atoms with Crippen LogP contribution >= 0.6 is 0 Å². The molecular formula is C17H31N5O. The molecule has 2 fully saturated rings. The molecule has 3 rings (SSSR count). The molecule has 23 heavy (non-hydrogen) atoms. The van der Waals surface area contributed by atoms with Gasteiger partial charge in [-0.3, -0.25) is 9.80 Å². The van der Waals surface area contributed by atoms with Crippen molar-refractivity contribution in [3.63, 3.8) is 0 Å². The van der Waals surface area contributed by atoms with Crippen molar-refractivity contribution in [1.29, 1.82) is 0 Å². The molecule has 0 unspecified atom stereocenters. The zero-order chi connectivity index (χ0) is 16.3. The van der Waals surface area contributed by atoms with Crippen molar-refractivity contribution in [2.45, 2.75) is 45.7 Å². The lowest BCUT2D eigenvalue weighted by Gasteiger charge is -2.36. The van der Waals surface area contributed by atoms with E-state index in [2.05, 4.69) is 45.3 Å². The maximum atomic E-state index is 5.46. The van der Waals surface area contributed by atoms with Crippen LogP contribution in [-0.2, 0) is 16.8 Å². The van der Waals surface area contributed by atoms with Crippen molar-refractivity contribution in [2.75, 3.05) is 45.9 Å². The molecule has 0 bridgehead atoms. The summed E-state index contributed by atoms with van der Waals surface area (Å²) in [6, 6.07) is 0. The Morgan fingerprint density at radius 1 is 1.17 bits per heavy atom. The lowest BCUT2D eigenvalue weighted by atomic mass is 9.97. The predicted molar refractivity (Wildman–Crippen MR) is 90.3 cm³/mol. The standard InChI is InChI=1S/C17H31N5O/c1-17(2,3)22-16(18-14-19-22)13-21-6-4-5-15(12-21)11-20-7-9-23-10-8-20/h14-15H,4-13H2,1-3H3/t15-/m0/s1. The van der Waals surface area contributed by atoms with Gasteiger partial charge in [0.15, 0.2) is 0 Å². The Hall–Kier alpha value is -0.980. The van der Waals surface area contributed by atoms with Gasteiger partial charge in [0.05, 0.1) is 25.3 Å². The van der Waals surface area contributed by atoms with E-state index in [1.807, 2.05) is 0 Å². The molecule has 0 saturated carbocycles. The van der Waals surface area contributed by atoms with Gasteiger partial charge in [-0.05, 0) is 46.1 Å². The zero-order valence-electron chi connectivity index (χ0n) is 14.9. The second-order valence-electron chi connectivity index (χ2n) is 7.92. The number of likely N-dealkylation sites (tertiary alicyclic amines) is 1. The Morgan fingerprint density at radius 3 is 2.70 bits per heavy atom. The molecule has 0 aromatic carbocycles. The molecule has 0 N–H and O–H groups in total. The van der Waals surface area contributed by atoms with Crippen molar-refractivity contribution in [3.8, 4) is 0 Å². The average molecular weight is 321 g/mol. The fraction of sp³-hybridized carbons (Fsp3) is 0.882. The third-order valence-corrected chi connectivity index (χ3v) is 4.84. The molecule has 6 nitrogen and oxygen atoms in total. The highest BCUT2D eigenvalue weighted by molar-refractivity contribution is 4.91. The van der Waals surface area contributed by atoms with Gasteiger partial charge in [0.25, 0.3) is 0 Å². The molecule has 2 saturated heterocycles. The Labute approximate surface area is 139 Å².